The minimum Gasteiger partial charge on any atom is -0.355 e. The van der Waals surface area contributed by atoms with Gasteiger partial charge in [0.05, 0.1) is 0 Å². The smallest absolute Gasteiger partial charge is 0.251 e. The van der Waals surface area contributed by atoms with Gasteiger partial charge in [-0.05, 0) is 56.3 Å². The summed E-state index contributed by atoms with van der Waals surface area (Å²) in [4.78, 5) is 26.8. The van der Waals surface area contributed by atoms with E-state index in [2.05, 4.69) is 34.6 Å². The lowest BCUT2D eigenvalue weighted by Crippen LogP contribution is -2.42. The predicted molar refractivity (Wildman–Crippen MR) is 121 cm³/mol. The zero-order valence-corrected chi connectivity index (χ0v) is 18.8. The van der Waals surface area contributed by atoms with Crippen molar-refractivity contribution in [1.82, 2.24) is 15.5 Å². The first kappa shape index (κ1) is 22.3. The monoisotopic (exact) mass is 427 g/mol. The Balaban J connectivity index is 1.63. The number of carbonyl (C=O) groups excluding carboxylic acids is 2. The van der Waals surface area contributed by atoms with E-state index in [1.54, 1.807) is 19.2 Å². The summed E-state index contributed by atoms with van der Waals surface area (Å²) in [7, 11) is 5.58. The van der Waals surface area contributed by atoms with Gasteiger partial charge >= 0.3 is 0 Å². The Bertz CT molecular complexity index is 916. The topological polar surface area (TPSA) is 61.4 Å². The van der Waals surface area contributed by atoms with Crippen molar-refractivity contribution in [3.05, 3.63) is 70.2 Å². The molecule has 2 aromatic carbocycles. The molecular weight excluding hydrogens is 398 g/mol. The van der Waals surface area contributed by atoms with Crippen LogP contribution in [-0.4, -0.2) is 50.4 Å². The van der Waals surface area contributed by atoms with Gasteiger partial charge in [-0.25, -0.2) is 0 Å². The number of nitrogens with one attached hydrogen (secondary N) is 2. The molecule has 0 radical (unpaired) electrons. The van der Waals surface area contributed by atoms with Crippen LogP contribution in [0.2, 0.25) is 5.02 Å². The Kier molecular flexibility index (Phi) is 6.84. The second-order valence-corrected chi connectivity index (χ2v) is 8.90. The van der Waals surface area contributed by atoms with E-state index in [9.17, 15) is 9.59 Å². The van der Waals surface area contributed by atoms with Crippen molar-refractivity contribution < 1.29 is 9.59 Å². The van der Waals surface area contributed by atoms with Gasteiger partial charge < -0.3 is 15.5 Å². The fourth-order valence-corrected chi connectivity index (χ4v) is 4.13. The van der Waals surface area contributed by atoms with Gasteiger partial charge in [0.15, 0.2) is 0 Å². The van der Waals surface area contributed by atoms with Crippen molar-refractivity contribution >= 4 is 23.4 Å². The zero-order valence-electron chi connectivity index (χ0n) is 18.0. The van der Waals surface area contributed by atoms with Gasteiger partial charge in [-0.3, -0.25) is 9.59 Å². The molecule has 1 fully saturated rings. The van der Waals surface area contributed by atoms with Crippen LogP contribution in [0.4, 0.5) is 0 Å². The van der Waals surface area contributed by atoms with Crippen LogP contribution in [-0.2, 0) is 16.6 Å². The van der Waals surface area contributed by atoms with Crippen LogP contribution in [0.1, 0.15) is 34.8 Å². The van der Waals surface area contributed by atoms with E-state index in [1.165, 1.54) is 5.56 Å². The van der Waals surface area contributed by atoms with Gasteiger partial charge in [0, 0.05) is 41.6 Å². The molecule has 160 valence electrons. The average molecular weight is 428 g/mol. The second-order valence-electron chi connectivity index (χ2n) is 8.49. The lowest BCUT2D eigenvalue weighted by atomic mass is 9.95. The summed E-state index contributed by atoms with van der Waals surface area (Å²) in [5.41, 5.74) is 2.61. The molecule has 1 unspecified atom stereocenters. The molecule has 1 saturated carbocycles. The summed E-state index contributed by atoms with van der Waals surface area (Å²) in [6, 6.07) is 15.6. The molecule has 1 aliphatic carbocycles. The van der Waals surface area contributed by atoms with Crippen molar-refractivity contribution in [2.45, 2.75) is 31.2 Å². The van der Waals surface area contributed by atoms with E-state index in [0.717, 1.165) is 12.0 Å². The van der Waals surface area contributed by atoms with Crippen LogP contribution in [0.5, 0.6) is 0 Å². The molecule has 3 atom stereocenters. The number of carbonyl (C=O) groups is 2. The Morgan fingerprint density at radius 2 is 1.90 bits per heavy atom. The highest BCUT2D eigenvalue weighted by atomic mass is 35.5. The Hall–Kier alpha value is -2.37. The maximum absolute atomic E-state index is 12.8. The standard InChI is InChI=1S/C24H30ClN3O2/c1-24(18-8-6-5-7-9-18)14-20(24)23(30)27-15-19(28(3)4)13-17-12-16(22(29)26-2)10-11-21(17)25/h5-12,19-20H,13-15H2,1-4H3,(H,26,29)(H,27,30)/t19?,20-,24-/m1/s1. The normalized spacial score (nSPS) is 21.2. The number of likely N-dealkylation sites (N-methyl/N-ethyl adjacent to an activating group) is 1. The highest BCUT2D eigenvalue weighted by Crippen LogP contribution is 2.53. The number of amides is 2. The summed E-state index contributed by atoms with van der Waals surface area (Å²) in [5.74, 6) is -0.0437. The second kappa shape index (κ2) is 9.19. The van der Waals surface area contributed by atoms with Crippen LogP contribution < -0.4 is 10.6 Å². The van der Waals surface area contributed by atoms with Crippen molar-refractivity contribution in [3.63, 3.8) is 0 Å². The van der Waals surface area contributed by atoms with E-state index in [4.69, 9.17) is 11.6 Å². The van der Waals surface area contributed by atoms with Crippen molar-refractivity contribution in [2.75, 3.05) is 27.7 Å². The van der Waals surface area contributed by atoms with E-state index in [1.807, 2.05) is 38.4 Å². The number of nitrogens with zero attached hydrogens (tertiary/aromatic N) is 1. The minimum atomic E-state index is -0.142. The quantitative estimate of drug-likeness (QED) is 0.679. The number of rotatable bonds is 8. The number of hydrogen-bond acceptors (Lipinski definition) is 3. The van der Waals surface area contributed by atoms with E-state index < -0.39 is 0 Å². The highest BCUT2D eigenvalue weighted by Gasteiger charge is 2.55. The molecular formula is C24H30ClN3O2. The number of hydrogen-bond donors (Lipinski definition) is 2. The molecule has 0 heterocycles. The van der Waals surface area contributed by atoms with E-state index in [-0.39, 0.29) is 29.2 Å². The van der Waals surface area contributed by atoms with Gasteiger partial charge in [-0.15, -0.1) is 0 Å². The largest absolute Gasteiger partial charge is 0.355 e. The number of benzene rings is 2. The van der Waals surface area contributed by atoms with Gasteiger partial charge in [0.25, 0.3) is 5.91 Å². The van der Waals surface area contributed by atoms with E-state index >= 15 is 0 Å². The van der Waals surface area contributed by atoms with Gasteiger partial charge in [-0.1, -0.05) is 48.9 Å². The fraction of sp³-hybridized carbons (Fsp3) is 0.417. The number of halogens is 1. The Morgan fingerprint density at radius 1 is 1.20 bits per heavy atom. The van der Waals surface area contributed by atoms with Crippen molar-refractivity contribution in [2.24, 2.45) is 5.92 Å². The molecule has 6 heteroatoms. The predicted octanol–water partition coefficient (Wildman–Crippen LogP) is 3.27. The lowest BCUT2D eigenvalue weighted by molar-refractivity contribution is -0.122. The molecule has 3 rings (SSSR count). The third-order valence-electron chi connectivity index (χ3n) is 6.22. The first-order valence-electron chi connectivity index (χ1n) is 10.3. The third-order valence-corrected chi connectivity index (χ3v) is 6.59. The van der Waals surface area contributed by atoms with Gasteiger partial charge in [-0.2, -0.15) is 0 Å². The summed E-state index contributed by atoms with van der Waals surface area (Å²) in [5, 5.41) is 6.40. The van der Waals surface area contributed by atoms with Gasteiger partial charge in [0.2, 0.25) is 5.91 Å². The summed E-state index contributed by atoms with van der Waals surface area (Å²) >= 11 is 6.38. The molecule has 0 bridgehead atoms. The molecule has 2 amide bonds. The van der Waals surface area contributed by atoms with Crippen LogP contribution in [0.25, 0.3) is 0 Å². The molecule has 0 aliphatic heterocycles. The first-order valence-corrected chi connectivity index (χ1v) is 10.6. The lowest BCUT2D eigenvalue weighted by Gasteiger charge is -2.25. The maximum Gasteiger partial charge on any atom is 0.251 e. The molecule has 2 N–H and O–H groups in total. The average Bonchev–Trinajstić information content (AvgIpc) is 3.45. The molecule has 30 heavy (non-hydrogen) atoms. The molecule has 0 spiro atoms. The van der Waals surface area contributed by atoms with Crippen LogP contribution in [0.3, 0.4) is 0 Å². The van der Waals surface area contributed by atoms with E-state index in [0.29, 0.717) is 23.6 Å². The first-order chi connectivity index (χ1) is 14.3. The molecule has 0 aromatic heterocycles. The molecule has 5 nitrogen and oxygen atoms in total. The summed E-state index contributed by atoms with van der Waals surface area (Å²) in [6.45, 7) is 2.67. The highest BCUT2D eigenvalue weighted by molar-refractivity contribution is 6.31. The van der Waals surface area contributed by atoms with Crippen molar-refractivity contribution in [1.29, 1.82) is 0 Å². The molecule has 2 aromatic rings. The minimum absolute atomic E-state index is 0.00267. The third kappa shape index (κ3) is 4.85. The van der Waals surface area contributed by atoms with Crippen molar-refractivity contribution in [3.8, 4) is 0 Å². The maximum atomic E-state index is 12.8. The molecule has 1 aliphatic rings. The summed E-state index contributed by atoms with van der Waals surface area (Å²) in [6.07, 6.45) is 1.51. The summed E-state index contributed by atoms with van der Waals surface area (Å²) < 4.78 is 0. The van der Waals surface area contributed by atoms with Crippen LogP contribution >= 0.6 is 11.6 Å². The Morgan fingerprint density at radius 3 is 2.53 bits per heavy atom. The van der Waals surface area contributed by atoms with Gasteiger partial charge in [0.1, 0.15) is 0 Å². The Labute approximate surface area is 183 Å². The molecule has 0 saturated heterocycles. The van der Waals surface area contributed by atoms with Crippen LogP contribution in [0.15, 0.2) is 48.5 Å². The van der Waals surface area contributed by atoms with Crippen LogP contribution in [0, 0.1) is 5.92 Å². The zero-order chi connectivity index (χ0) is 21.9. The fourth-order valence-electron chi connectivity index (χ4n) is 3.93. The SMILES string of the molecule is CNC(=O)c1ccc(Cl)c(CC(CNC(=O)[C@H]2C[C@]2(C)c2ccccc2)N(C)C)c1.